The molecule has 0 radical (unpaired) electrons. The monoisotopic (exact) mass is 454 g/mol. The highest BCUT2D eigenvalue weighted by molar-refractivity contribution is 7.28. The van der Waals surface area contributed by atoms with Gasteiger partial charge in [-0.1, -0.05) is 109 Å². The van der Waals surface area contributed by atoms with E-state index in [2.05, 4.69) is 122 Å². The van der Waals surface area contributed by atoms with Crippen molar-refractivity contribution in [2.75, 3.05) is 0 Å². The minimum absolute atomic E-state index is 1.32. The van der Waals surface area contributed by atoms with Crippen LogP contribution in [0.3, 0.4) is 0 Å². The maximum Gasteiger partial charge on any atom is 0.181 e. The normalized spacial score (nSPS) is 13.8. The second-order valence-electron chi connectivity index (χ2n) is 8.99. The van der Waals surface area contributed by atoms with Crippen LogP contribution in [0.2, 0.25) is 0 Å². The lowest BCUT2D eigenvalue weighted by atomic mass is 10.0. The molecule has 1 aliphatic rings. The first-order valence-electron chi connectivity index (χ1n) is 11.5. The topological polar surface area (TPSA) is 0 Å². The first-order valence-corrected chi connectivity index (χ1v) is 14.3. The Labute approximate surface area is 198 Å². The Hall–Kier alpha value is -3.46. The van der Waals surface area contributed by atoms with Crippen LogP contribution in [0.1, 0.15) is 5.56 Å². The van der Waals surface area contributed by atoms with Gasteiger partial charge in [0.2, 0.25) is 0 Å². The van der Waals surface area contributed by atoms with E-state index < -0.39 is 8.07 Å². The van der Waals surface area contributed by atoms with Gasteiger partial charge in [0.25, 0.3) is 0 Å². The molecule has 1 aromatic heterocycles. The number of aryl methyl sites for hydroxylation is 1. The lowest BCUT2D eigenvalue weighted by Gasteiger charge is -2.32. The second-order valence-corrected chi connectivity index (χ2v) is 13.8. The van der Waals surface area contributed by atoms with Crippen molar-refractivity contribution in [2.45, 2.75) is 6.92 Å². The van der Waals surface area contributed by atoms with Crippen molar-refractivity contribution in [3.63, 3.8) is 0 Å². The molecule has 0 aliphatic carbocycles. The summed E-state index contributed by atoms with van der Waals surface area (Å²) in [6, 6.07) is 43.4. The third kappa shape index (κ3) is 2.51. The van der Waals surface area contributed by atoms with Crippen LogP contribution in [-0.4, -0.2) is 8.07 Å². The van der Waals surface area contributed by atoms with Gasteiger partial charge in [-0.25, -0.2) is 0 Å². The van der Waals surface area contributed by atoms with Crippen LogP contribution in [0.5, 0.6) is 0 Å². The smallest absolute Gasteiger partial charge is 0.135 e. The van der Waals surface area contributed by atoms with Crippen molar-refractivity contribution in [3.05, 3.63) is 121 Å². The van der Waals surface area contributed by atoms with Gasteiger partial charge in [-0.15, -0.1) is 11.3 Å². The van der Waals surface area contributed by atoms with Crippen molar-refractivity contribution in [1.82, 2.24) is 0 Å². The first-order chi connectivity index (χ1) is 16.3. The first kappa shape index (κ1) is 19.0. The zero-order valence-corrected chi connectivity index (χ0v) is 20.2. The average Bonchev–Trinajstić information content (AvgIpc) is 3.38. The van der Waals surface area contributed by atoms with Gasteiger partial charge in [0.15, 0.2) is 8.07 Å². The summed E-state index contributed by atoms with van der Waals surface area (Å²) < 4.78 is 2.76. The van der Waals surface area contributed by atoms with Crippen LogP contribution in [0.25, 0.3) is 31.3 Å². The summed E-state index contributed by atoms with van der Waals surface area (Å²) in [7, 11) is -2.49. The minimum Gasteiger partial charge on any atom is -0.135 e. The van der Waals surface area contributed by atoms with Crippen LogP contribution < -0.4 is 20.7 Å². The van der Waals surface area contributed by atoms with Gasteiger partial charge in [0, 0.05) is 20.2 Å². The molecule has 0 fully saturated rings. The van der Waals surface area contributed by atoms with Crippen LogP contribution in [0, 0.1) is 6.92 Å². The Morgan fingerprint density at radius 3 is 1.97 bits per heavy atom. The molecule has 156 valence electrons. The lowest BCUT2D eigenvalue weighted by molar-refractivity contribution is 1.49. The van der Waals surface area contributed by atoms with Crippen molar-refractivity contribution in [3.8, 4) is 11.1 Å². The molecule has 1 aliphatic heterocycles. The highest BCUT2D eigenvalue weighted by Gasteiger charge is 2.49. The van der Waals surface area contributed by atoms with Gasteiger partial charge < -0.3 is 0 Å². The molecular formula is C31H22SSi. The van der Waals surface area contributed by atoms with E-state index in [1.54, 1.807) is 5.19 Å². The second kappa shape index (κ2) is 7.02. The van der Waals surface area contributed by atoms with Gasteiger partial charge in [-0.3, -0.25) is 0 Å². The summed E-state index contributed by atoms with van der Waals surface area (Å²) >= 11 is 1.92. The van der Waals surface area contributed by atoms with Gasteiger partial charge in [0.05, 0.1) is 0 Å². The van der Waals surface area contributed by atoms with Crippen molar-refractivity contribution in [1.29, 1.82) is 0 Å². The predicted molar refractivity (Wildman–Crippen MR) is 147 cm³/mol. The molecule has 2 heterocycles. The molecule has 0 N–H and O–H groups in total. The van der Waals surface area contributed by atoms with Gasteiger partial charge in [0.1, 0.15) is 0 Å². The van der Waals surface area contributed by atoms with Crippen LogP contribution in [0.4, 0.5) is 0 Å². The molecule has 0 amide bonds. The van der Waals surface area contributed by atoms with E-state index in [0.29, 0.717) is 0 Å². The Kier molecular flexibility index (Phi) is 4.05. The average molecular weight is 455 g/mol. The van der Waals surface area contributed by atoms with E-state index in [4.69, 9.17) is 0 Å². The highest BCUT2D eigenvalue weighted by Crippen LogP contribution is 2.39. The quantitative estimate of drug-likeness (QED) is 0.293. The summed E-state index contributed by atoms with van der Waals surface area (Å²) in [5.74, 6) is 0. The Morgan fingerprint density at radius 2 is 1.24 bits per heavy atom. The Morgan fingerprint density at radius 1 is 0.576 bits per heavy atom. The van der Waals surface area contributed by atoms with E-state index in [9.17, 15) is 0 Å². The van der Waals surface area contributed by atoms with E-state index in [1.165, 1.54) is 52.4 Å². The highest BCUT2D eigenvalue weighted by atomic mass is 32.1. The largest absolute Gasteiger partial charge is 0.181 e. The van der Waals surface area contributed by atoms with Crippen LogP contribution in [-0.2, 0) is 0 Å². The molecule has 6 aromatic rings. The van der Waals surface area contributed by atoms with E-state index in [-0.39, 0.29) is 0 Å². The van der Waals surface area contributed by atoms with Crippen molar-refractivity contribution in [2.24, 2.45) is 0 Å². The fraction of sp³-hybridized carbons (Fsp3) is 0.0323. The molecule has 0 saturated heterocycles. The van der Waals surface area contributed by atoms with E-state index in [1.807, 2.05) is 11.3 Å². The molecule has 0 atom stereocenters. The molecule has 7 rings (SSSR count). The number of benzene rings is 5. The molecule has 0 nitrogen and oxygen atoms in total. The lowest BCUT2D eigenvalue weighted by Crippen LogP contribution is -2.72. The van der Waals surface area contributed by atoms with Crippen LogP contribution >= 0.6 is 11.3 Å². The zero-order chi connectivity index (χ0) is 22.0. The third-order valence-corrected chi connectivity index (χ3v) is 13.2. The maximum atomic E-state index is 2.43. The SMILES string of the molecule is Cc1ccc2c(c1)-c1ccc3sc4ccccc4c3c1[Si]2(c1ccccc1)c1ccccc1. The van der Waals surface area contributed by atoms with E-state index >= 15 is 0 Å². The molecular weight excluding hydrogens is 432 g/mol. The molecule has 0 saturated carbocycles. The van der Waals surface area contributed by atoms with Crippen molar-refractivity contribution >= 4 is 60.3 Å². The number of hydrogen-bond donors (Lipinski definition) is 0. The van der Waals surface area contributed by atoms with Gasteiger partial charge in [-0.05, 0) is 50.9 Å². The summed E-state index contributed by atoms with van der Waals surface area (Å²) in [5.41, 5.74) is 4.16. The summed E-state index contributed by atoms with van der Waals surface area (Å²) in [4.78, 5) is 0. The van der Waals surface area contributed by atoms with Gasteiger partial charge >= 0.3 is 0 Å². The fourth-order valence-electron chi connectivity index (χ4n) is 5.92. The zero-order valence-electron chi connectivity index (χ0n) is 18.4. The Balaban J connectivity index is 1.77. The molecule has 2 heteroatoms. The summed E-state index contributed by atoms with van der Waals surface area (Å²) in [6.45, 7) is 2.21. The molecule has 0 bridgehead atoms. The minimum atomic E-state index is -2.49. The molecule has 33 heavy (non-hydrogen) atoms. The number of rotatable bonds is 2. The van der Waals surface area contributed by atoms with Crippen molar-refractivity contribution < 1.29 is 0 Å². The standard InChI is InChI=1S/C31H22SSi/c1-21-16-19-29-26(20-21)24-17-18-28-30(25-14-8-9-15-27(25)32-28)31(24)33(29,22-10-4-2-5-11-22)23-12-6-3-7-13-23/h2-20H,1H3. The molecule has 0 spiro atoms. The number of fused-ring (bicyclic) bond motifs is 7. The summed E-state index contributed by atoms with van der Waals surface area (Å²) in [6.07, 6.45) is 0. The van der Waals surface area contributed by atoms with Gasteiger partial charge in [-0.2, -0.15) is 0 Å². The molecule has 0 unspecified atom stereocenters. The maximum absolute atomic E-state index is 2.49. The third-order valence-electron chi connectivity index (χ3n) is 7.20. The fourth-order valence-corrected chi connectivity index (χ4v) is 12.5. The van der Waals surface area contributed by atoms with E-state index in [0.717, 1.165) is 0 Å². The molecule has 5 aromatic carbocycles. The van der Waals surface area contributed by atoms with Crippen LogP contribution in [0.15, 0.2) is 115 Å². The predicted octanol–water partition coefficient (Wildman–Crippen LogP) is 5.72. The Bertz CT molecular complexity index is 1620. The summed E-state index contributed by atoms with van der Waals surface area (Å²) in [5, 5.41) is 8.85. The number of hydrogen-bond acceptors (Lipinski definition) is 1. The number of thiophene rings is 1.